The predicted molar refractivity (Wildman–Crippen MR) is 149 cm³/mol. The number of nitrogens with one attached hydrogen (secondary N) is 2. The van der Waals surface area contributed by atoms with Crippen LogP contribution >= 0.6 is 0 Å². The Labute approximate surface area is 223 Å². The van der Waals surface area contributed by atoms with E-state index >= 15 is 0 Å². The van der Waals surface area contributed by atoms with Gasteiger partial charge in [0.15, 0.2) is 0 Å². The Morgan fingerprint density at radius 2 is 1.84 bits per heavy atom. The second-order valence-corrected chi connectivity index (χ2v) is 10.7. The van der Waals surface area contributed by atoms with Gasteiger partial charge in [-0.1, -0.05) is 38.1 Å². The molecule has 0 saturated heterocycles. The summed E-state index contributed by atoms with van der Waals surface area (Å²) in [5, 5.41) is 4.13. The first kappa shape index (κ1) is 25.5. The van der Waals surface area contributed by atoms with Crippen molar-refractivity contribution in [3.05, 3.63) is 89.9 Å². The maximum absolute atomic E-state index is 13.7. The van der Waals surface area contributed by atoms with Gasteiger partial charge in [0, 0.05) is 47.6 Å². The molecule has 1 aliphatic carbocycles. The van der Waals surface area contributed by atoms with E-state index in [0.717, 1.165) is 16.8 Å². The molecule has 1 fully saturated rings. The molecule has 0 radical (unpaired) electrons. The zero-order valence-corrected chi connectivity index (χ0v) is 22.3. The maximum atomic E-state index is 13.7. The number of fused-ring (bicyclic) bond motifs is 1. The fourth-order valence-electron chi connectivity index (χ4n) is 5.71. The van der Waals surface area contributed by atoms with Crippen molar-refractivity contribution in [2.75, 3.05) is 19.0 Å². The summed E-state index contributed by atoms with van der Waals surface area (Å²) in [5.41, 5.74) is 5.11. The first-order valence-electron chi connectivity index (χ1n) is 13.0. The Bertz CT molecular complexity index is 1440. The molecule has 7 nitrogen and oxygen atoms in total. The minimum absolute atomic E-state index is 0.0172. The fraction of sp³-hybridized carbons (Fsp3) is 0.323. The third kappa shape index (κ3) is 5.14. The number of methoxy groups -OCH3 is 1. The number of nitrogens with zero attached hydrogens (tertiary/aromatic N) is 2. The third-order valence-corrected chi connectivity index (χ3v) is 7.86. The van der Waals surface area contributed by atoms with Gasteiger partial charge in [0.2, 0.25) is 11.8 Å². The smallest absolute Gasteiger partial charge is 0.244 e. The number of H-pyrrole nitrogens is 1. The van der Waals surface area contributed by atoms with E-state index in [1.807, 2.05) is 18.2 Å². The van der Waals surface area contributed by atoms with Crippen LogP contribution in [0.1, 0.15) is 43.0 Å². The van der Waals surface area contributed by atoms with Crippen molar-refractivity contribution in [3.63, 3.8) is 0 Å². The molecule has 38 heavy (non-hydrogen) atoms. The molecule has 7 heteroatoms. The maximum Gasteiger partial charge on any atom is 0.244 e. The van der Waals surface area contributed by atoms with Gasteiger partial charge in [-0.15, -0.1) is 0 Å². The molecule has 0 bridgehead atoms. The lowest BCUT2D eigenvalue weighted by Gasteiger charge is -2.23. The topological polar surface area (TPSA) is 87.3 Å². The molecule has 4 aromatic rings. The van der Waals surface area contributed by atoms with Crippen molar-refractivity contribution in [3.8, 4) is 5.75 Å². The van der Waals surface area contributed by atoms with Crippen LogP contribution in [0.2, 0.25) is 0 Å². The summed E-state index contributed by atoms with van der Waals surface area (Å²) in [6, 6.07) is 19.3. The highest BCUT2D eigenvalue weighted by Crippen LogP contribution is 2.67. The van der Waals surface area contributed by atoms with Gasteiger partial charge in [-0.3, -0.25) is 14.6 Å². The molecule has 196 valence electrons. The van der Waals surface area contributed by atoms with E-state index in [0.29, 0.717) is 24.4 Å². The summed E-state index contributed by atoms with van der Waals surface area (Å²) in [6.45, 7) is 6.87. The first-order chi connectivity index (χ1) is 18.3. The van der Waals surface area contributed by atoms with Gasteiger partial charge in [-0.05, 0) is 71.7 Å². The summed E-state index contributed by atoms with van der Waals surface area (Å²) in [4.78, 5) is 36.0. The minimum atomic E-state index is -0.244. The van der Waals surface area contributed by atoms with E-state index in [1.165, 1.54) is 10.9 Å². The van der Waals surface area contributed by atoms with Gasteiger partial charge in [0.1, 0.15) is 12.3 Å². The molecule has 0 unspecified atom stereocenters. The number of anilines is 1. The number of pyridine rings is 1. The molecule has 2 N–H and O–H groups in total. The summed E-state index contributed by atoms with van der Waals surface area (Å²) in [5.74, 6) is 0.900. The predicted octanol–water partition coefficient (Wildman–Crippen LogP) is 5.68. The van der Waals surface area contributed by atoms with Gasteiger partial charge >= 0.3 is 0 Å². The van der Waals surface area contributed by atoms with Gasteiger partial charge in [-0.2, -0.15) is 0 Å². The van der Waals surface area contributed by atoms with Crippen molar-refractivity contribution in [2.45, 2.75) is 39.7 Å². The average molecular weight is 511 g/mol. The monoisotopic (exact) mass is 510 g/mol. The molecular weight excluding hydrogens is 476 g/mol. The number of amides is 2. The van der Waals surface area contributed by atoms with Crippen LogP contribution in [0.5, 0.6) is 5.75 Å². The largest absolute Gasteiger partial charge is 0.497 e. The van der Waals surface area contributed by atoms with Crippen LogP contribution in [-0.4, -0.2) is 40.3 Å². The highest BCUT2D eigenvalue weighted by atomic mass is 16.5. The van der Waals surface area contributed by atoms with E-state index in [-0.39, 0.29) is 35.6 Å². The molecule has 0 spiro atoms. The number of hydrogen-bond donors (Lipinski definition) is 2. The van der Waals surface area contributed by atoms with Crippen molar-refractivity contribution in [2.24, 2.45) is 11.3 Å². The van der Waals surface area contributed by atoms with Crippen LogP contribution in [0.15, 0.2) is 73.1 Å². The normalized spacial score (nSPS) is 17.7. The molecule has 1 saturated carbocycles. The Balaban J connectivity index is 1.33. The van der Waals surface area contributed by atoms with Gasteiger partial charge < -0.3 is 19.9 Å². The van der Waals surface area contributed by atoms with Crippen LogP contribution in [0.25, 0.3) is 10.9 Å². The van der Waals surface area contributed by atoms with Crippen molar-refractivity contribution in [1.82, 2.24) is 14.9 Å². The zero-order valence-electron chi connectivity index (χ0n) is 22.3. The van der Waals surface area contributed by atoms with Crippen LogP contribution in [0, 0.1) is 18.3 Å². The van der Waals surface area contributed by atoms with E-state index in [9.17, 15) is 9.59 Å². The summed E-state index contributed by atoms with van der Waals surface area (Å²) < 4.78 is 5.19. The number of aryl methyl sites for hydroxylation is 1. The molecule has 2 heterocycles. The summed E-state index contributed by atoms with van der Waals surface area (Å²) >= 11 is 0. The number of benzene rings is 2. The Morgan fingerprint density at radius 3 is 2.55 bits per heavy atom. The van der Waals surface area contributed by atoms with Crippen molar-refractivity contribution < 1.29 is 14.3 Å². The molecule has 2 atom stereocenters. The third-order valence-electron chi connectivity index (χ3n) is 7.86. The van der Waals surface area contributed by atoms with Gasteiger partial charge in [0.05, 0.1) is 7.11 Å². The number of rotatable bonds is 9. The lowest BCUT2D eigenvalue weighted by molar-refractivity contribution is -0.135. The Hall–Kier alpha value is -4.13. The number of carbonyl (C=O) groups excluding carboxylic acids is 2. The molecule has 5 rings (SSSR count). The number of carbonyl (C=O) groups is 2. The number of aromatic nitrogens is 2. The van der Waals surface area contributed by atoms with Crippen LogP contribution < -0.4 is 10.1 Å². The molecule has 2 aromatic carbocycles. The zero-order chi connectivity index (χ0) is 26.9. The molecule has 2 amide bonds. The highest BCUT2D eigenvalue weighted by molar-refractivity contribution is 5.94. The Kier molecular flexibility index (Phi) is 6.93. The van der Waals surface area contributed by atoms with Crippen LogP contribution in [-0.2, 0) is 16.1 Å². The van der Waals surface area contributed by atoms with E-state index in [1.54, 1.807) is 48.7 Å². The lowest BCUT2D eigenvalue weighted by Crippen LogP contribution is -2.38. The molecular formula is C31H34N4O3. The van der Waals surface area contributed by atoms with Crippen molar-refractivity contribution >= 4 is 28.4 Å². The quantitative estimate of drug-likeness (QED) is 0.303. The first-order valence-corrected chi connectivity index (χ1v) is 13.0. The van der Waals surface area contributed by atoms with Crippen LogP contribution in [0.3, 0.4) is 0 Å². The number of para-hydroxylation sites is 1. The number of aromatic amines is 1. The molecule has 1 aliphatic rings. The standard InChI is InChI=1S/C31H34N4O3/c1-20-29(24-9-5-6-10-26(24)33-20)30-25(31(30,2)3)16-28(37)35(18-21-8-7-15-32-17-21)19-27(36)34-22-11-13-23(38-4)14-12-22/h5-15,17,25,30,33H,16,18-19H2,1-4H3,(H,34,36)/t25-,30+/m1/s1. The van der Waals surface area contributed by atoms with Gasteiger partial charge in [0.25, 0.3) is 0 Å². The summed E-state index contributed by atoms with van der Waals surface area (Å²) in [6.07, 6.45) is 3.82. The van der Waals surface area contributed by atoms with E-state index in [4.69, 9.17) is 4.74 Å². The molecule has 0 aliphatic heterocycles. The molecule has 2 aromatic heterocycles. The average Bonchev–Trinajstić information content (AvgIpc) is 3.26. The summed E-state index contributed by atoms with van der Waals surface area (Å²) in [7, 11) is 1.60. The van der Waals surface area contributed by atoms with Crippen molar-refractivity contribution in [1.29, 1.82) is 0 Å². The number of ether oxygens (including phenoxy) is 1. The SMILES string of the molecule is COc1ccc(NC(=O)CN(Cc2cccnc2)C(=O)C[C@@H]2[C@@H](c3c(C)[nH]c4ccccc34)C2(C)C)cc1. The second kappa shape index (κ2) is 10.3. The minimum Gasteiger partial charge on any atom is -0.497 e. The van der Waals surface area contributed by atoms with Crippen LogP contribution in [0.4, 0.5) is 5.69 Å². The number of hydrogen-bond acceptors (Lipinski definition) is 4. The van der Waals surface area contributed by atoms with Gasteiger partial charge in [-0.25, -0.2) is 0 Å². The fourth-order valence-corrected chi connectivity index (χ4v) is 5.71. The highest BCUT2D eigenvalue weighted by Gasteiger charge is 2.59. The van der Waals surface area contributed by atoms with E-state index < -0.39 is 0 Å². The van der Waals surface area contributed by atoms with E-state index in [2.05, 4.69) is 54.3 Å². The lowest BCUT2D eigenvalue weighted by atomic mass is 10.0. The second-order valence-electron chi connectivity index (χ2n) is 10.7. The Morgan fingerprint density at radius 1 is 1.08 bits per heavy atom.